The topological polar surface area (TPSA) is 87.7 Å². The summed E-state index contributed by atoms with van der Waals surface area (Å²) in [7, 11) is 0. The predicted molar refractivity (Wildman–Crippen MR) is 134 cm³/mol. The summed E-state index contributed by atoms with van der Waals surface area (Å²) in [6, 6.07) is 15.8. The lowest BCUT2D eigenvalue weighted by atomic mass is 10.1. The molecule has 0 fully saturated rings. The molecule has 3 aromatic carbocycles. The second-order valence-electron chi connectivity index (χ2n) is 8.76. The van der Waals surface area contributed by atoms with Crippen LogP contribution in [0.3, 0.4) is 0 Å². The van der Waals surface area contributed by atoms with Crippen molar-refractivity contribution < 1.29 is 23.5 Å². The summed E-state index contributed by atoms with van der Waals surface area (Å²) in [6.45, 7) is 4.07. The fraction of sp³-hybridized carbons (Fsp3) is 0.222. The average molecular weight is 510 g/mol. The molecule has 3 amide bonds. The van der Waals surface area contributed by atoms with E-state index in [1.165, 1.54) is 23.1 Å². The first-order valence-electron chi connectivity index (χ1n) is 11.4. The Hall–Kier alpha value is -3.91. The molecule has 1 aliphatic rings. The van der Waals surface area contributed by atoms with Gasteiger partial charge in [-0.15, -0.1) is 0 Å². The van der Waals surface area contributed by atoms with Gasteiger partial charge in [0.15, 0.2) is 6.73 Å². The Morgan fingerprint density at radius 2 is 1.89 bits per heavy atom. The van der Waals surface area contributed by atoms with Crippen LogP contribution >= 0.6 is 11.6 Å². The van der Waals surface area contributed by atoms with Gasteiger partial charge in [-0.1, -0.05) is 43.6 Å². The van der Waals surface area contributed by atoms with Crippen LogP contribution in [0.1, 0.15) is 45.7 Å². The lowest BCUT2D eigenvalue weighted by Gasteiger charge is -2.29. The smallest absolute Gasteiger partial charge is 0.260 e. The monoisotopic (exact) mass is 509 g/mol. The highest BCUT2D eigenvalue weighted by Gasteiger charge is 2.26. The molecular formula is C27H25ClFN3O4. The molecule has 0 saturated carbocycles. The summed E-state index contributed by atoms with van der Waals surface area (Å²) in [5.41, 5.74) is 2.27. The van der Waals surface area contributed by atoms with E-state index in [1.54, 1.807) is 56.3 Å². The van der Waals surface area contributed by atoms with Crippen LogP contribution in [0, 0.1) is 11.7 Å². The Kier molecular flexibility index (Phi) is 7.55. The highest BCUT2D eigenvalue weighted by atomic mass is 35.5. The van der Waals surface area contributed by atoms with Crippen molar-refractivity contribution in [1.82, 2.24) is 10.2 Å². The lowest BCUT2D eigenvalue weighted by Crippen LogP contribution is -2.38. The van der Waals surface area contributed by atoms with E-state index >= 15 is 0 Å². The number of carbonyl (C=O) groups is 3. The Morgan fingerprint density at radius 3 is 2.64 bits per heavy atom. The number of nitrogens with zero attached hydrogens (tertiary/aromatic N) is 1. The van der Waals surface area contributed by atoms with Gasteiger partial charge in [-0.2, -0.15) is 0 Å². The second-order valence-corrected chi connectivity index (χ2v) is 9.17. The van der Waals surface area contributed by atoms with Gasteiger partial charge in [0.25, 0.3) is 11.8 Å². The molecule has 0 saturated heterocycles. The van der Waals surface area contributed by atoms with Crippen LogP contribution in [0.4, 0.5) is 10.1 Å². The van der Waals surface area contributed by atoms with E-state index in [0.29, 0.717) is 17.0 Å². The van der Waals surface area contributed by atoms with Crippen LogP contribution in [-0.2, 0) is 17.9 Å². The minimum absolute atomic E-state index is 0.0315. The van der Waals surface area contributed by atoms with Crippen molar-refractivity contribution in [2.75, 3.05) is 12.0 Å². The minimum Gasteiger partial charge on any atom is -0.472 e. The molecule has 0 bridgehead atoms. The highest BCUT2D eigenvalue weighted by Crippen LogP contribution is 2.29. The first-order chi connectivity index (χ1) is 17.2. The van der Waals surface area contributed by atoms with Crippen molar-refractivity contribution >= 4 is 35.0 Å². The zero-order valence-corrected chi connectivity index (χ0v) is 20.6. The number of nitrogens with one attached hydrogen (secondary N) is 2. The van der Waals surface area contributed by atoms with Crippen LogP contribution in [0.25, 0.3) is 0 Å². The number of rotatable bonds is 7. The van der Waals surface area contributed by atoms with Crippen LogP contribution in [0.2, 0.25) is 5.02 Å². The van der Waals surface area contributed by atoms with E-state index in [0.717, 1.165) is 5.56 Å². The van der Waals surface area contributed by atoms with Crippen LogP contribution in [-0.4, -0.2) is 29.4 Å². The summed E-state index contributed by atoms with van der Waals surface area (Å²) >= 11 is 6.26. The number of carbonyl (C=O) groups excluding carboxylic acids is 3. The van der Waals surface area contributed by atoms with Crippen molar-refractivity contribution in [3.8, 4) is 5.75 Å². The molecule has 0 spiro atoms. The summed E-state index contributed by atoms with van der Waals surface area (Å²) < 4.78 is 19.2. The van der Waals surface area contributed by atoms with E-state index in [2.05, 4.69) is 10.6 Å². The van der Waals surface area contributed by atoms with Gasteiger partial charge in [-0.05, 0) is 53.6 Å². The van der Waals surface area contributed by atoms with E-state index in [-0.39, 0.29) is 59.5 Å². The van der Waals surface area contributed by atoms with Gasteiger partial charge in [0.05, 0.1) is 16.1 Å². The van der Waals surface area contributed by atoms with Gasteiger partial charge in [-0.3, -0.25) is 14.4 Å². The quantitative estimate of drug-likeness (QED) is 0.469. The number of ether oxygens (including phenoxy) is 1. The molecule has 0 aromatic heterocycles. The summed E-state index contributed by atoms with van der Waals surface area (Å²) in [6.07, 6.45) is 0. The molecule has 186 valence electrons. The molecule has 0 radical (unpaired) electrons. The normalized spacial score (nSPS) is 12.7. The zero-order chi connectivity index (χ0) is 25.8. The maximum absolute atomic E-state index is 13.5. The van der Waals surface area contributed by atoms with Crippen molar-refractivity contribution in [2.24, 2.45) is 5.92 Å². The Labute approximate surface area is 213 Å². The standard InChI is InChI=1S/C27H25ClFN3O4/c1-16(2)25(33)30-13-17-6-8-23(28)21(11-17)26(34)31-20-7-9-24-22(12-20)27(35)32(15-36-24)14-18-4-3-5-19(29)10-18/h3-12,16H,13-15H2,1-2H3,(H,30,33)(H,31,34). The number of amides is 3. The van der Waals surface area contributed by atoms with E-state index in [1.807, 2.05) is 0 Å². The number of benzene rings is 3. The maximum atomic E-state index is 13.5. The number of anilines is 1. The van der Waals surface area contributed by atoms with Crippen LogP contribution in [0.15, 0.2) is 60.7 Å². The summed E-state index contributed by atoms with van der Waals surface area (Å²) in [4.78, 5) is 39.4. The zero-order valence-electron chi connectivity index (χ0n) is 19.8. The Bertz CT molecular complexity index is 1330. The molecule has 1 aliphatic heterocycles. The molecule has 7 nitrogen and oxygen atoms in total. The number of halogens is 2. The van der Waals surface area contributed by atoms with E-state index in [4.69, 9.17) is 16.3 Å². The molecule has 4 rings (SSSR count). The predicted octanol–water partition coefficient (Wildman–Crippen LogP) is 5.00. The van der Waals surface area contributed by atoms with Gasteiger partial charge < -0.3 is 20.3 Å². The van der Waals surface area contributed by atoms with Crippen molar-refractivity contribution in [3.63, 3.8) is 0 Å². The molecule has 9 heteroatoms. The van der Waals surface area contributed by atoms with Gasteiger partial charge in [0.2, 0.25) is 5.91 Å². The molecule has 0 atom stereocenters. The van der Waals surface area contributed by atoms with E-state index < -0.39 is 5.91 Å². The average Bonchev–Trinajstić information content (AvgIpc) is 2.85. The summed E-state index contributed by atoms with van der Waals surface area (Å²) in [5.74, 6) is -0.984. The lowest BCUT2D eigenvalue weighted by molar-refractivity contribution is -0.124. The third-order valence-corrected chi connectivity index (χ3v) is 5.99. The molecular weight excluding hydrogens is 485 g/mol. The molecule has 2 N–H and O–H groups in total. The van der Waals surface area contributed by atoms with Crippen molar-refractivity contribution in [3.05, 3.63) is 93.8 Å². The molecule has 0 unspecified atom stereocenters. The SMILES string of the molecule is CC(C)C(=O)NCc1ccc(Cl)c(C(=O)Nc2ccc3c(c2)C(=O)N(Cc2cccc(F)c2)CO3)c1. The minimum atomic E-state index is -0.460. The first-order valence-corrected chi connectivity index (χ1v) is 11.8. The van der Waals surface area contributed by atoms with Gasteiger partial charge in [0, 0.05) is 24.7 Å². The number of hydrogen-bond acceptors (Lipinski definition) is 4. The maximum Gasteiger partial charge on any atom is 0.260 e. The van der Waals surface area contributed by atoms with Crippen LogP contribution in [0.5, 0.6) is 5.75 Å². The van der Waals surface area contributed by atoms with Crippen molar-refractivity contribution in [2.45, 2.75) is 26.9 Å². The van der Waals surface area contributed by atoms with E-state index in [9.17, 15) is 18.8 Å². The second kappa shape index (κ2) is 10.8. The van der Waals surface area contributed by atoms with Crippen molar-refractivity contribution in [1.29, 1.82) is 0 Å². The highest BCUT2D eigenvalue weighted by molar-refractivity contribution is 6.34. The Balaban J connectivity index is 1.48. The molecule has 1 heterocycles. The van der Waals surface area contributed by atoms with Gasteiger partial charge >= 0.3 is 0 Å². The van der Waals surface area contributed by atoms with Gasteiger partial charge in [-0.25, -0.2) is 4.39 Å². The fourth-order valence-electron chi connectivity index (χ4n) is 3.70. The fourth-order valence-corrected chi connectivity index (χ4v) is 3.90. The molecule has 0 aliphatic carbocycles. The largest absolute Gasteiger partial charge is 0.472 e. The molecule has 3 aromatic rings. The third kappa shape index (κ3) is 5.83. The summed E-state index contributed by atoms with van der Waals surface area (Å²) in [5, 5.41) is 5.83. The third-order valence-electron chi connectivity index (χ3n) is 5.66. The number of hydrogen-bond donors (Lipinski definition) is 2. The number of fused-ring (bicyclic) bond motifs is 1. The Morgan fingerprint density at radius 1 is 1.08 bits per heavy atom. The van der Waals surface area contributed by atoms with Gasteiger partial charge in [0.1, 0.15) is 11.6 Å². The van der Waals surface area contributed by atoms with Crippen LogP contribution < -0.4 is 15.4 Å². The first kappa shape index (κ1) is 25.2. The molecule has 36 heavy (non-hydrogen) atoms.